The number of nitrogens with zero attached hydrogens (tertiary/aromatic N) is 3. The average molecular weight is 261 g/mol. The summed E-state index contributed by atoms with van der Waals surface area (Å²) in [6.45, 7) is 5.82. The highest BCUT2D eigenvalue weighted by molar-refractivity contribution is 5.33. The second kappa shape index (κ2) is 5.67. The van der Waals surface area contributed by atoms with Gasteiger partial charge in [-0.15, -0.1) is 6.58 Å². The summed E-state index contributed by atoms with van der Waals surface area (Å²) in [4.78, 5) is 11.0. The lowest BCUT2D eigenvalue weighted by Gasteiger charge is -2.38. The highest BCUT2D eigenvalue weighted by atomic mass is 16.5. The van der Waals surface area contributed by atoms with Crippen molar-refractivity contribution in [3.8, 4) is 0 Å². The zero-order valence-electron chi connectivity index (χ0n) is 10.9. The van der Waals surface area contributed by atoms with E-state index in [9.17, 15) is 0 Å². The Kier molecular flexibility index (Phi) is 3.75. The molecule has 1 saturated carbocycles. The minimum atomic E-state index is 0.123. The number of hydrogen-bond donors (Lipinski definition) is 0. The van der Waals surface area contributed by atoms with Crippen LogP contribution in [0.3, 0.4) is 0 Å². The molecule has 0 bridgehead atoms. The minimum absolute atomic E-state index is 0.123. The van der Waals surface area contributed by atoms with Crippen molar-refractivity contribution in [1.29, 1.82) is 0 Å². The molecule has 102 valence electrons. The van der Waals surface area contributed by atoms with Gasteiger partial charge in [0.15, 0.2) is 0 Å². The third-order valence-electron chi connectivity index (χ3n) is 3.77. The van der Waals surface area contributed by atoms with Crippen LogP contribution in [-0.4, -0.2) is 48.0 Å². The summed E-state index contributed by atoms with van der Waals surface area (Å²) in [5.41, 5.74) is 0. The highest BCUT2D eigenvalue weighted by Crippen LogP contribution is 2.33. The van der Waals surface area contributed by atoms with Gasteiger partial charge in [0, 0.05) is 18.9 Å². The average Bonchev–Trinajstić information content (AvgIpc) is 2.89. The molecule has 0 unspecified atom stereocenters. The summed E-state index contributed by atoms with van der Waals surface area (Å²) < 4.78 is 11.7. The van der Waals surface area contributed by atoms with Crippen molar-refractivity contribution in [1.82, 2.24) is 9.97 Å². The van der Waals surface area contributed by atoms with Crippen LogP contribution >= 0.6 is 0 Å². The smallest absolute Gasteiger partial charge is 0.225 e. The van der Waals surface area contributed by atoms with Crippen LogP contribution < -0.4 is 4.90 Å². The first-order valence-corrected chi connectivity index (χ1v) is 6.78. The normalized spacial score (nSPS) is 30.1. The third kappa shape index (κ3) is 2.48. The molecular weight excluding hydrogens is 242 g/mol. The zero-order chi connectivity index (χ0) is 13.1. The Labute approximate surface area is 113 Å². The van der Waals surface area contributed by atoms with E-state index in [4.69, 9.17) is 9.47 Å². The molecule has 1 aliphatic carbocycles. The van der Waals surface area contributed by atoms with E-state index >= 15 is 0 Å². The van der Waals surface area contributed by atoms with Gasteiger partial charge >= 0.3 is 0 Å². The molecule has 1 aromatic heterocycles. The molecule has 0 aromatic carbocycles. The van der Waals surface area contributed by atoms with Gasteiger partial charge in [0.05, 0.1) is 25.4 Å². The molecule has 3 rings (SSSR count). The molecule has 5 heteroatoms. The van der Waals surface area contributed by atoms with E-state index in [-0.39, 0.29) is 12.2 Å². The molecule has 3 atom stereocenters. The molecule has 5 nitrogen and oxygen atoms in total. The van der Waals surface area contributed by atoms with Crippen LogP contribution in [0, 0.1) is 0 Å². The lowest BCUT2D eigenvalue weighted by molar-refractivity contribution is -0.0651. The van der Waals surface area contributed by atoms with E-state index in [1.807, 2.05) is 6.07 Å². The number of anilines is 1. The second-order valence-corrected chi connectivity index (χ2v) is 4.88. The van der Waals surface area contributed by atoms with Gasteiger partial charge in [0.2, 0.25) is 5.95 Å². The van der Waals surface area contributed by atoms with Crippen LogP contribution in [0.25, 0.3) is 0 Å². The summed E-state index contributed by atoms with van der Waals surface area (Å²) in [6, 6.07) is 2.16. The van der Waals surface area contributed by atoms with Crippen molar-refractivity contribution in [2.75, 3.05) is 24.7 Å². The molecule has 1 saturated heterocycles. The van der Waals surface area contributed by atoms with Gasteiger partial charge in [-0.3, -0.25) is 0 Å². The standard InChI is InChI=1S/C14H19N3O2/c1-2-9-18-12-5-4-11-13(12)19-10-8-17(11)14-15-6-3-7-16-14/h2-3,6-7,11-13H,1,4-5,8-10H2/t11-,12+,13+/m0/s1. The van der Waals surface area contributed by atoms with Crippen LogP contribution in [0.5, 0.6) is 0 Å². The number of aromatic nitrogens is 2. The van der Waals surface area contributed by atoms with Crippen LogP contribution in [0.15, 0.2) is 31.1 Å². The van der Waals surface area contributed by atoms with Gasteiger partial charge in [-0.25, -0.2) is 9.97 Å². The summed E-state index contributed by atoms with van der Waals surface area (Å²) in [5, 5.41) is 0. The molecular formula is C14H19N3O2. The van der Waals surface area contributed by atoms with E-state index < -0.39 is 0 Å². The Hall–Kier alpha value is -1.46. The topological polar surface area (TPSA) is 47.5 Å². The van der Waals surface area contributed by atoms with E-state index in [0.717, 1.165) is 25.3 Å². The number of rotatable bonds is 4. The fraction of sp³-hybridized carbons (Fsp3) is 0.571. The molecule has 0 N–H and O–H groups in total. The fourth-order valence-electron chi connectivity index (χ4n) is 2.97. The molecule has 2 heterocycles. The monoisotopic (exact) mass is 261 g/mol. The lowest BCUT2D eigenvalue weighted by Crippen LogP contribution is -2.52. The van der Waals surface area contributed by atoms with Gasteiger partial charge in [0.1, 0.15) is 6.10 Å². The Morgan fingerprint density at radius 3 is 3.05 bits per heavy atom. The van der Waals surface area contributed by atoms with Gasteiger partial charge < -0.3 is 14.4 Å². The summed E-state index contributed by atoms with van der Waals surface area (Å²) in [7, 11) is 0. The van der Waals surface area contributed by atoms with Crippen molar-refractivity contribution < 1.29 is 9.47 Å². The van der Waals surface area contributed by atoms with Gasteiger partial charge in [0.25, 0.3) is 0 Å². The lowest BCUT2D eigenvalue weighted by atomic mass is 10.1. The maximum Gasteiger partial charge on any atom is 0.225 e. The SMILES string of the molecule is C=CCO[C@@H]1CC[C@H]2[C@H]1OCCN2c1ncccn1. The maximum absolute atomic E-state index is 5.91. The summed E-state index contributed by atoms with van der Waals surface area (Å²) in [6.07, 6.45) is 7.72. The quantitative estimate of drug-likeness (QED) is 0.767. The molecule has 1 aliphatic heterocycles. The first-order chi connectivity index (χ1) is 9.40. The molecule has 0 amide bonds. The van der Waals surface area contributed by atoms with Crippen molar-refractivity contribution in [2.45, 2.75) is 31.1 Å². The number of ether oxygens (including phenoxy) is 2. The van der Waals surface area contributed by atoms with E-state index in [0.29, 0.717) is 19.3 Å². The molecule has 1 aromatic rings. The Bertz CT molecular complexity index is 426. The second-order valence-electron chi connectivity index (χ2n) is 4.88. The molecule has 2 aliphatic rings. The van der Waals surface area contributed by atoms with E-state index in [1.165, 1.54) is 0 Å². The fourth-order valence-corrected chi connectivity index (χ4v) is 2.97. The largest absolute Gasteiger partial charge is 0.372 e. The highest BCUT2D eigenvalue weighted by Gasteiger charge is 2.44. The van der Waals surface area contributed by atoms with Gasteiger partial charge in [-0.1, -0.05) is 6.08 Å². The molecule has 0 spiro atoms. The predicted octanol–water partition coefficient (Wildman–Crippen LogP) is 1.42. The van der Waals surface area contributed by atoms with Crippen LogP contribution in [0.2, 0.25) is 0 Å². The van der Waals surface area contributed by atoms with Crippen LogP contribution in [0.1, 0.15) is 12.8 Å². The maximum atomic E-state index is 5.91. The third-order valence-corrected chi connectivity index (χ3v) is 3.77. The van der Waals surface area contributed by atoms with E-state index in [1.54, 1.807) is 18.5 Å². The molecule has 0 radical (unpaired) electrons. The van der Waals surface area contributed by atoms with Crippen LogP contribution in [0.4, 0.5) is 5.95 Å². The van der Waals surface area contributed by atoms with E-state index in [2.05, 4.69) is 21.4 Å². The Morgan fingerprint density at radius 2 is 2.26 bits per heavy atom. The van der Waals surface area contributed by atoms with Crippen LogP contribution in [-0.2, 0) is 9.47 Å². The molecule has 2 fully saturated rings. The van der Waals surface area contributed by atoms with Crippen molar-refractivity contribution in [2.24, 2.45) is 0 Å². The number of hydrogen-bond acceptors (Lipinski definition) is 5. The predicted molar refractivity (Wildman–Crippen MR) is 72.1 cm³/mol. The first-order valence-electron chi connectivity index (χ1n) is 6.78. The summed E-state index contributed by atoms with van der Waals surface area (Å²) >= 11 is 0. The summed E-state index contributed by atoms with van der Waals surface area (Å²) in [5.74, 6) is 0.796. The van der Waals surface area contributed by atoms with Crippen molar-refractivity contribution >= 4 is 5.95 Å². The van der Waals surface area contributed by atoms with Crippen molar-refractivity contribution in [3.05, 3.63) is 31.1 Å². The number of fused-ring (bicyclic) bond motifs is 1. The van der Waals surface area contributed by atoms with Crippen molar-refractivity contribution in [3.63, 3.8) is 0 Å². The Morgan fingerprint density at radius 1 is 1.42 bits per heavy atom. The van der Waals surface area contributed by atoms with Gasteiger partial charge in [-0.05, 0) is 18.9 Å². The van der Waals surface area contributed by atoms with Gasteiger partial charge in [-0.2, -0.15) is 0 Å². The molecule has 19 heavy (non-hydrogen) atoms. The number of morpholine rings is 1. The first kappa shape index (κ1) is 12.6. The zero-order valence-corrected chi connectivity index (χ0v) is 10.9. The minimum Gasteiger partial charge on any atom is -0.372 e. The Balaban J connectivity index is 1.74.